The second-order valence-corrected chi connectivity index (χ2v) is 3.02. The molecule has 0 saturated carbocycles. The monoisotopic (exact) mass is 206 g/mol. The minimum Gasteiger partial charge on any atom is -0.504 e. The molecule has 4 nitrogen and oxygen atoms in total. The SMILES string of the molecule is CO/C=C/C(=O)NNc1ccc(C)cc1. The van der Waals surface area contributed by atoms with Crippen LogP contribution >= 0.6 is 0 Å². The topological polar surface area (TPSA) is 50.4 Å². The second kappa shape index (κ2) is 5.70. The summed E-state index contributed by atoms with van der Waals surface area (Å²) < 4.78 is 4.61. The van der Waals surface area contributed by atoms with Crippen molar-refractivity contribution in [3.05, 3.63) is 42.2 Å². The van der Waals surface area contributed by atoms with Crippen LogP contribution in [0, 0.1) is 6.92 Å². The molecule has 80 valence electrons. The quantitative estimate of drug-likeness (QED) is 0.447. The summed E-state index contributed by atoms with van der Waals surface area (Å²) in [6.45, 7) is 2.00. The Morgan fingerprint density at radius 1 is 1.33 bits per heavy atom. The molecule has 0 aliphatic rings. The van der Waals surface area contributed by atoms with Gasteiger partial charge in [0.05, 0.1) is 19.1 Å². The molecule has 2 N–H and O–H groups in total. The van der Waals surface area contributed by atoms with Crippen molar-refractivity contribution in [3.8, 4) is 0 Å². The largest absolute Gasteiger partial charge is 0.504 e. The van der Waals surface area contributed by atoms with Gasteiger partial charge >= 0.3 is 0 Å². The van der Waals surface area contributed by atoms with Crippen molar-refractivity contribution in [2.24, 2.45) is 0 Å². The maximum atomic E-state index is 11.1. The van der Waals surface area contributed by atoms with Crippen LogP contribution in [-0.2, 0) is 9.53 Å². The number of carbonyl (C=O) groups is 1. The summed E-state index contributed by atoms with van der Waals surface area (Å²) in [5, 5.41) is 0. The van der Waals surface area contributed by atoms with Crippen molar-refractivity contribution in [3.63, 3.8) is 0 Å². The Kier molecular flexibility index (Phi) is 4.22. The second-order valence-electron chi connectivity index (χ2n) is 3.02. The van der Waals surface area contributed by atoms with E-state index in [9.17, 15) is 4.79 Å². The third kappa shape index (κ3) is 4.17. The van der Waals surface area contributed by atoms with Crippen LogP contribution in [0.3, 0.4) is 0 Å². The molecule has 0 aromatic heterocycles. The Hall–Kier alpha value is -1.97. The summed E-state index contributed by atoms with van der Waals surface area (Å²) in [7, 11) is 1.48. The molecule has 0 unspecified atom stereocenters. The highest BCUT2D eigenvalue weighted by atomic mass is 16.5. The maximum absolute atomic E-state index is 11.1. The number of ether oxygens (including phenoxy) is 1. The van der Waals surface area contributed by atoms with Crippen LogP contribution in [0.4, 0.5) is 5.69 Å². The van der Waals surface area contributed by atoms with Crippen molar-refractivity contribution in [2.75, 3.05) is 12.5 Å². The predicted octanol–water partition coefficient (Wildman–Crippen LogP) is 1.60. The summed E-state index contributed by atoms with van der Waals surface area (Å²) >= 11 is 0. The molecule has 0 bridgehead atoms. The van der Waals surface area contributed by atoms with Crippen molar-refractivity contribution in [1.82, 2.24) is 5.43 Å². The van der Waals surface area contributed by atoms with Crippen LogP contribution in [0.15, 0.2) is 36.6 Å². The van der Waals surface area contributed by atoms with Crippen molar-refractivity contribution in [1.29, 1.82) is 0 Å². The summed E-state index contributed by atoms with van der Waals surface area (Å²) in [6.07, 6.45) is 2.60. The smallest absolute Gasteiger partial charge is 0.265 e. The van der Waals surface area contributed by atoms with Gasteiger partial charge < -0.3 is 4.74 Å². The van der Waals surface area contributed by atoms with E-state index < -0.39 is 0 Å². The fourth-order valence-corrected chi connectivity index (χ4v) is 0.942. The van der Waals surface area contributed by atoms with E-state index in [2.05, 4.69) is 15.6 Å². The number of nitrogens with one attached hydrogen (secondary N) is 2. The molecule has 0 atom stereocenters. The molecular formula is C11H14N2O2. The van der Waals surface area contributed by atoms with Crippen LogP contribution in [-0.4, -0.2) is 13.0 Å². The summed E-state index contributed by atoms with van der Waals surface area (Å²) in [6, 6.07) is 7.68. The van der Waals surface area contributed by atoms with E-state index in [4.69, 9.17) is 0 Å². The molecule has 0 fully saturated rings. The molecule has 0 aliphatic carbocycles. The first-order chi connectivity index (χ1) is 7.22. The zero-order valence-electron chi connectivity index (χ0n) is 8.78. The minimum atomic E-state index is -0.266. The molecule has 0 radical (unpaired) electrons. The average molecular weight is 206 g/mol. The van der Waals surface area contributed by atoms with Crippen molar-refractivity contribution >= 4 is 11.6 Å². The van der Waals surface area contributed by atoms with Gasteiger partial charge in [-0.3, -0.25) is 15.6 Å². The number of amides is 1. The Labute approximate surface area is 88.9 Å². The summed E-state index contributed by atoms with van der Waals surface area (Å²) in [4.78, 5) is 11.1. The number of hydrogen-bond donors (Lipinski definition) is 2. The van der Waals surface area contributed by atoms with Crippen LogP contribution in [0.2, 0.25) is 0 Å². The van der Waals surface area contributed by atoms with Crippen LogP contribution in [0.1, 0.15) is 5.56 Å². The van der Waals surface area contributed by atoms with Gasteiger partial charge in [-0.2, -0.15) is 0 Å². The first-order valence-electron chi connectivity index (χ1n) is 4.54. The number of hydrazine groups is 1. The number of aryl methyl sites for hydroxylation is 1. The van der Waals surface area contributed by atoms with Gasteiger partial charge in [0.15, 0.2) is 0 Å². The van der Waals surface area contributed by atoms with Gasteiger partial charge in [-0.1, -0.05) is 17.7 Å². The van der Waals surface area contributed by atoms with Gasteiger partial charge in [0.2, 0.25) is 0 Å². The predicted molar refractivity (Wildman–Crippen MR) is 59.1 cm³/mol. The van der Waals surface area contributed by atoms with Gasteiger partial charge in [-0.15, -0.1) is 0 Å². The first-order valence-corrected chi connectivity index (χ1v) is 4.54. The lowest BCUT2D eigenvalue weighted by Gasteiger charge is -2.06. The number of carbonyl (C=O) groups excluding carboxylic acids is 1. The fourth-order valence-electron chi connectivity index (χ4n) is 0.942. The highest BCUT2D eigenvalue weighted by Gasteiger charge is 1.94. The number of hydrogen-bond acceptors (Lipinski definition) is 3. The van der Waals surface area contributed by atoms with Gasteiger partial charge in [0, 0.05) is 6.08 Å². The number of rotatable bonds is 4. The zero-order valence-corrected chi connectivity index (χ0v) is 8.78. The molecule has 0 heterocycles. The Bertz CT molecular complexity index is 344. The maximum Gasteiger partial charge on any atom is 0.265 e. The first kappa shape index (κ1) is 11.1. The highest BCUT2D eigenvalue weighted by molar-refractivity contribution is 5.88. The van der Waals surface area contributed by atoms with E-state index in [1.807, 2.05) is 31.2 Å². The lowest BCUT2D eigenvalue weighted by atomic mass is 10.2. The average Bonchev–Trinajstić information content (AvgIpc) is 2.25. The van der Waals surface area contributed by atoms with Gasteiger partial charge in [0.1, 0.15) is 0 Å². The molecule has 1 rings (SSSR count). The molecule has 15 heavy (non-hydrogen) atoms. The van der Waals surface area contributed by atoms with Crippen LogP contribution in [0.5, 0.6) is 0 Å². The minimum absolute atomic E-state index is 0.266. The van der Waals surface area contributed by atoms with E-state index in [0.29, 0.717) is 0 Å². The molecule has 0 saturated heterocycles. The van der Waals surface area contributed by atoms with Crippen LogP contribution in [0.25, 0.3) is 0 Å². The van der Waals surface area contributed by atoms with Gasteiger partial charge in [0.25, 0.3) is 5.91 Å². The molecule has 1 amide bonds. The zero-order chi connectivity index (χ0) is 11.1. The lowest BCUT2D eigenvalue weighted by molar-refractivity contribution is -0.116. The molecular weight excluding hydrogens is 192 g/mol. The normalized spacial score (nSPS) is 10.0. The standard InChI is InChI=1S/C11H14N2O2/c1-9-3-5-10(6-4-9)12-13-11(14)7-8-15-2/h3-8,12H,1-2H3,(H,13,14)/b8-7+. The number of benzene rings is 1. The fraction of sp³-hybridized carbons (Fsp3) is 0.182. The van der Waals surface area contributed by atoms with E-state index >= 15 is 0 Å². The molecule has 1 aromatic carbocycles. The Morgan fingerprint density at radius 3 is 2.60 bits per heavy atom. The number of anilines is 1. The van der Waals surface area contributed by atoms with E-state index in [1.54, 1.807) is 0 Å². The number of methoxy groups -OCH3 is 1. The Balaban J connectivity index is 2.40. The molecule has 1 aromatic rings. The lowest BCUT2D eigenvalue weighted by Crippen LogP contribution is -2.27. The van der Waals surface area contributed by atoms with Gasteiger partial charge in [-0.25, -0.2) is 0 Å². The van der Waals surface area contributed by atoms with Crippen molar-refractivity contribution in [2.45, 2.75) is 6.92 Å². The van der Waals surface area contributed by atoms with Gasteiger partial charge in [-0.05, 0) is 19.1 Å². The molecule has 4 heteroatoms. The third-order valence-electron chi connectivity index (χ3n) is 1.74. The third-order valence-corrected chi connectivity index (χ3v) is 1.74. The van der Waals surface area contributed by atoms with E-state index in [1.165, 1.54) is 25.0 Å². The summed E-state index contributed by atoms with van der Waals surface area (Å²) in [5.41, 5.74) is 7.28. The Morgan fingerprint density at radius 2 is 2.00 bits per heavy atom. The van der Waals surface area contributed by atoms with E-state index in [-0.39, 0.29) is 5.91 Å². The summed E-state index contributed by atoms with van der Waals surface area (Å²) in [5.74, 6) is -0.266. The van der Waals surface area contributed by atoms with E-state index in [0.717, 1.165) is 5.69 Å². The molecule has 0 aliphatic heterocycles. The van der Waals surface area contributed by atoms with Crippen molar-refractivity contribution < 1.29 is 9.53 Å². The molecule has 0 spiro atoms. The highest BCUT2D eigenvalue weighted by Crippen LogP contribution is 2.06. The van der Waals surface area contributed by atoms with Crippen LogP contribution < -0.4 is 10.9 Å².